The van der Waals surface area contributed by atoms with Crippen LogP contribution >= 0.6 is 11.6 Å². The molecule has 0 radical (unpaired) electrons. The lowest BCUT2D eigenvalue weighted by molar-refractivity contribution is -0.173. The van der Waals surface area contributed by atoms with Gasteiger partial charge in [-0.15, -0.1) is 0 Å². The van der Waals surface area contributed by atoms with E-state index in [1.165, 1.54) is 6.92 Å². The fraction of sp³-hybridized carbons (Fsp3) is 0.412. The largest absolute Gasteiger partial charge is 0.462 e. The zero-order valence-corrected chi connectivity index (χ0v) is 14.9. The van der Waals surface area contributed by atoms with Crippen molar-refractivity contribution in [3.8, 4) is 0 Å². The van der Waals surface area contributed by atoms with Crippen LogP contribution in [0.5, 0.6) is 0 Å². The van der Waals surface area contributed by atoms with Crippen molar-refractivity contribution in [1.82, 2.24) is 9.78 Å². The van der Waals surface area contributed by atoms with E-state index >= 15 is 0 Å². The fourth-order valence-electron chi connectivity index (χ4n) is 3.09. The lowest BCUT2D eigenvalue weighted by Crippen LogP contribution is -2.36. The Morgan fingerprint density at radius 2 is 2.04 bits per heavy atom. The predicted molar refractivity (Wildman–Crippen MR) is 90.4 cm³/mol. The number of esters is 1. The highest BCUT2D eigenvalue weighted by Crippen LogP contribution is 2.45. The standard InChI is InChI=1S/C17H17ClF3N3O2/c1-3-26-16(25)14-9(2)23-24-13(17(19,20)21)8-12(22-15(14)24)10-4-6-11(18)7-5-10/h4-7,12-13,22H,3,8H2,1-2H3. The van der Waals surface area contributed by atoms with Gasteiger partial charge in [0.05, 0.1) is 18.3 Å². The number of aryl methyl sites for hydroxylation is 1. The SMILES string of the molecule is CCOC(=O)c1c(C)nn2c1NC(c1ccc(Cl)cc1)CC2C(F)(F)F. The first-order chi connectivity index (χ1) is 12.2. The Balaban J connectivity index is 2.08. The van der Waals surface area contributed by atoms with E-state index in [0.29, 0.717) is 10.6 Å². The highest BCUT2D eigenvalue weighted by atomic mass is 35.5. The van der Waals surface area contributed by atoms with Crippen molar-refractivity contribution in [1.29, 1.82) is 0 Å². The number of hydrogen-bond donors (Lipinski definition) is 1. The number of halogens is 4. The molecule has 2 heterocycles. The minimum absolute atomic E-state index is 0.0227. The number of hydrogen-bond acceptors (Lipinski definition) is 4. The zero-order chi connectivity index (χ0) is 19.1. The Labute approximate surface area is 153 Å². The van der Waals surface area contributed by atoms with Crippen LogP contribution in [0, 0.1) is 6.92 Å². The Kier molecular flexibility index (Phi) is 4.88. The Bertz CT molecular complexity index is 818. The maximum atomic E-state index is 13.6. The van der Waals surface area contributed by atoms with Crippen molar-refractivity contribution >= 4 is 23.4 Å². The van der Waals surface area contributed by atoms with Gasteiger partial charge in [0.1, 0.15) is 11.4 Å². The first kappa shape index (κ1) is 18.6. The molecule has 1 aliphatic heterocycles. The van der Waals surface area contributed by atoms with Gasteiger partial charge in [-0.1, -0.05) is 23.7 Å². The number of benzene rings is 1. The van der Waals surface area contributed by atoms with Crippen LogP contribution < -0.4 is 5.32 Å². The number of nitrogens with one attached hydrogen (secondary N) is 1. The lowest BCUT2D eigenvalue weighted by atomic mass is 9.96. The van der Waals surface area contributed by atoms with Gasteiger partial charge in [0.25, 0.3) is 0 Å². The molecule has 0 amide bonds. The third-order valence-electron chi connectivity index (χ3n) is 4.28. The van der Waals surface area contributed by atoms with Crippen molar-refractivity contribution in [2.45, 2.75) is 38.5 Å². The molecule has 1 aliphatic rings. The molecule has 5 nitrogen and oxygen atoms in total. The third kappa shape index (κ3) is 3.38. The third-order valence-corrected chi connectivity index (χ3v) is 4.53. The number of carbonyl (C=O) groups is 1. The van der Waals surface area contributed by atoms with Crippen LogP contribution in [-0.4, -0.2) is 28.5 Å². The molecule has 1 N–H and O–H groups in total. The first-order valence-electron chi connectivity index (χ1n) is 8.07. The van der Waals surface area contributed by atoms with E-state index in [4.69, 9.17) is 16.3 Å². The van der Waals surface area contributed by atoms with Crippen molar-refractivity contribution in [2.75, 3.05) is 11.9 Å². The Morgan fingerprint density at radius 1 is 1.38 bits per heavy atom. The zero-order valence-electron chi connectivity index (χ0n) is 14.1. The maximum Gasteiger partial charge on any atom is 0.410 e. The van der Waals surface area contributed by atoms with Gasteiger partial charge in [-0.25, -0.2) is 9.48 Å². The second-order valence-corrected chi connectivity index (χ2v) is 6.45. The summed E-state index contributed by atoms with van der Waals surface area (Å²) in [5.74, 6) is -0.675. The van der Waals surface area contributed by atoms with E-state index in [1.807, 2.05) is 0 Å². The van der Waals surface area contributed by atoms with Crippen LogP contribution in [0.3, 0.4) is 0 Å². The monoisotopic (exact) mass is 387 g/mol. The summed E-state index contributed by atoms with van der Waals surface area (Å²) in [6.45, 7) is 3.24. The molecule has 0 fully saturated rings. The molecule has 3 rings (SSSR count). The number of rotatable bonds is 3. The van der Waals surface area contributed by atoms with Crippen LogP contribution in [-0.2, 0) is 4.74 Å². The van der Waals surface area contributed by atoms with E-state index in [-0.39, 0.29) is 30.1 Å². The number of carbonyl (C=O) groups excluding carboxylic acids is 1. The quantitative estimate of drug-likeness (QED) is 0.777. The summed E-state index contributed by atoms with van der Waals surface area (Å²) in [5.41, 5.74) is 0.861. The molecular formula is C17H17ClF3N3O2. The topological polar surface area (TPSA) is 56.1 Å². The summed E-state index contributed by atoms with van der Waals surface area (Å²) in [5, 5.41) is 7.47. The van der Waals surface area contributed by atoms with Gasteiger partial charge >= 0.3 is 12.1 Å². The molecular weight excluding hydrogens is 371 g/mol. The van der Waals surface area contributed by atoms with E-state index in [0.717, 1.165) is 4.68 Å². The highest BCUT2D eigenvalue weighted by Gasteiger charge is 2.48. The molecule has 26 heavy (non-hydrogen) atoms. The van der Waals surface area contributed by atoms with Gasteiger partial charge in [-0.05, 0) is 31.5 Å². The average molecular weight is 388 g/mol. The molecule has 1 aromatic heterocycles. The smallest absolute Gasteiger partial charge is 0.410 e. The van der Waals surface area contributed by atoms with Crippen LogP contribution in [0.15, 0.2) is 24.3 Å². The van der Waals surface area contributed by atoms with Crippen molar-refractivity contribution in [3.05, 3.63) is 46.1 Å². The van der Waals surface area contributed by atoms with Crippen molar-refractivity contribution in [3.63, 3.8) is 0 Å². The summed E-state index contributed by atoms with van der Waals surface area (Å²) >= 11 is 5.86. The van der Waals surface area contributed by atoms with Gasteiger partial charge in [0.2, 0.25) is 0 Å². The lowest BCUT2D eigenvalue weighted by Gasteiger charge is -2.34. The van der Waals surface area contributed by atoms with E-state index in [1.54, 1.807) is 31.2 Å². The number of aromatic nitrogens is 2. The fourth-order valence-corrected chi connectivity index (χ4v) is 3.22. The van der Waals surface area contributed by atoms with Gasteiger partial charge in [-0.2, -0.15) is 18.3 Å². The second kappa shape index (κ2) is 6.83. The highest BCUT2D eigenvalue weighted by molar-refractivity contribution is 6.30. The number of ether oxygens (including phenoxy) is 1. The van der Waals surface area contributed by atoms with Gasteiger partial charge in [0, 0.05) is 11.4 Å². The average Bonchev–Trinajstić information content (AvgIpc) is 2.89. The number of fused-ring (bicyclic) bond motifs is 1. The summed E-state index contributed by atoms with van der Waals surface area (Å²) in [4.78, 5) is 12.2. The molecule has 0 aliphatic carbocycles. The van der Waals surface area contributed by atoms with Crippen LogP contribution in [0.1, 0.15) is 47.0 Å². The molecule has 2 unspecified atom stereocenters. The molecule has 140 valence electrons. The van der Waals surface area contributed by atoms with Crippen LogP contribution in [0.25, 0.3) is 0 Å². The molecule has 0 saturated carbocycles. The molecule has 0 spiro atoms. The van der Waals surface area contributed by atoms with Crippen LogP contribution in [0.4, 0.5) is 19.0 Å². The second-order valence-electron chi connectivity index (χ2n) is 6.02. The van der Waals surface area contributed by atoms with Crippen molar-refractivity contribution < 1.29 is 22.7 Å². The van der Waals surface area contributed by atoms with Crippen LogP contribution in [0.2, 0.25) is 5.02 Å². The number of nitrogens with zero attached hydrogens (tertiary/aromatic N) is 2. The minimum atomic E-state index is -4.51. The Morgan fingerprint density at radius 3 is 2.62 bits per heavy atom. The van der Waals surface area contributed by atoms with Crippen molar-refractivity contribution in [2.24, 2.45) is 0 Å². The number of alkyl halides is 3. The first-order valence-corrected chi connectivity index (χ1v) is 8.45. The molecule has 2 atom stereocenters. The normalized spacial score (nSPS) is 19.6. The number of anilines is 1. The Hall–Kier alpha value is -2.22. The summed E-state index contributed by atoms with van der Waals surface area (Å²) in [7, 11) is 0. The maximum absolute atomic E-state index is 13.6. The predicted octanol–water partition coefficient (Wildman–Crippen LogP) is 4.68. The molecule has 9 heteroatoms. The van der Waals surface area contributed by atoms with Gasteiger partial charge < -0.3 is 10.1 Å². The summed E-state index contributed by atoms with van der Waals surface area (Å²) in [6, 6.07) is 4.07. The summed E-state index contributed by atoms with van der Waals surface area (Å²) in [6.07, 6.45) is -4.76. The van der Waals surface area contributed by atoms with E-state index in [2.05, 4.69) is 10.4 Å². The van der Waals surface area contributed by atoms with E-state index < -0.39 is 24.2 Å². The molecule has 1 aromatic carbocycles. The molecule has 2 aromatic rings. The van der Waals surface area contributed by atoms with E-state index in [9.17, 15) is 18.0 Å². The molecule has 0 bridgehead atoms. The minimum Gasteiger partial charge on any atom is -0.462 e. The summed E-state index contributed by atoms with van der Waals surface area (Å²) < 4.78 is 46.7. The van der Waals surface area contributed by atoms with Gasteiger partial charge in [0.15, 0.2) is 6.04 Å². The molecule has 0 saturated heterocycles. The van der Waals surface area contributed by atoms with Gasteiger partial charge in [-0.3, -0.25) is 0 Å².